The molecule has 0 N–H and O–H groups in total. The van der Waals surface area contributed by atoms with Crippen LogP contribution in [0.15, 0.2) is 36.4 Å². The highest BCUT2D eigenvalue weighted by Gasteiger charge is 2.22. The molecule has 4 nitrogen and oxygen atoms in total. The van der Waals surface area contributed by atoms with E-state index in [0.717, 1.165) is 17.7 Å². The van der Waals surface area contributed by atoms with Crippen LogP contribution in [0.2, 0.25) is 0 Å². The van der Waals surface area contributed by atoms with Crippen LogP contribution in [0, 0.1) is 0 Å². The molecule has 0 bridgehead atoms. The second-order valence-corrected chi connectivity index (χ2v) is 3.97. The molecular weight excluding hydrogens is 230 g/mol. The van der Waals surface area contributed by atoms with Crippen LogP contribution in [-0.2, 0) is 16.0 Å². The number of carbonyl (C=O) groups excluding carboxylic acids is 2. The highest BCUT2D eigenvalue weighted by molar-refractivity contribution is 6.12. The number of rotatable bonds is 5. The van der Waals surface area contributed by atoms with Crippen molar-refractivity contribution in [2.24, 2.45) is 0 Å². The van der Waals surface area contributed by atoms with Gasteiger partial charge in [-0.25, -0.2) is 0 Å². The quantitative estimate of drug-likeness (QED) is 0.739. The smallest absolute Gasteiger partial charge is 0.253 e. The van der Waals surface area contributed by atoms with Gasteiger partial charge < -0.3 is 4.74 Å². The first-order valence-electron chi connectivity index (χ1n) is 5.96. The number of ether oxygens (including phenoxy) is 1. The molecule has 0 saturated carbocycles. The standard InChI is InChI=1S/C14H15NO3/c1-2-11-5-3-4-6-12(11)18-10-9-15-13(16)7-8-14(15)17/h3-8H,2,9-10H2,1H3. The lowest BCUT2D eigenvalue weighted by molar-refractivity contribution is -0.137. The summed E-state index contributed by atoms with van der Waals surface area (Å²) in [5.74, 6) is 0.270. The van der Waals surface area contributed by atoms with Crippen molar-refractivity contribution in [3.63, 3.8) is 0 Å². The van der Waals surface area contributed by atoms with Crippen LogP contribution >= 0.6 is 0 Å². The van der Waals surface area contributed by atoms with E-state index in [1.807, 2.05) is 24.3 Å². The van der Waals surface area contributed by atoms with E-state index in [4.69, 9.17) is 4.74 Å². The topological polar surface area (TPSA) is 46.6 Å². The number of hydrogen-bond acceptors (Lipinski definition) is 3. The summed E-state index contributed by atoms with van der Waals surface area (Å²) in [7, 11) is 0. The van der Waals surface area contributed by atoms with Gasteiger partial charge in [0.05, 0.1) is 6.54 Å². The number of aryl methyl sites for hydroxylation is 1. The summed E-state index contributed by atoms with van der Waals surface area (Å²) in [6, 6.07) is 7.76. The first-order valence-corrected chi connectivity index (χ1v) is 5.96. The van der Waals surface area contributed by atoms with Crippen LogP contribution in [0.5, 0.6) is 5.75 Å². The number of nitrogens with zero attached hydrogens (tertiary/aromatic N) is 1. The summed E-state index contributed by atoms with van der Waals surface area (Å²) in [6.07, 6.45) is 3.45. The molecule has 0 fully saturated rings. The highest BCUT2D eigenvalue weighted by Crippen LogP contribution is 2.18. The minimum absolute atomic E-state index is 0.271. The van der Waals surface area contributed by atoms with Crippen molar-refractivity contribution in [3.05, 3.63) is 42.0 Å². The van der Waals surface area contributed by atoms with E-state index in [2.05, 4.69) is 6.92 Å². The Morgan fingerprint density at radius 3 is 2.44 bits per heavy atom. The summed E-state index contributed by atoms with van der Waals surface area (Å²) in [4.78, 5) is 23.8. The normalized spacial score (nSPS) is 14.4. The number of hydrogen-bond donors (Lipinski definition) is 0. The van der Waals surface area contributed by atoms with Gasteiger partial charge in [-0.1, -0.05) is 25.1 Å². The second kappa shape index (κ2) is 5.49. The maximum atomic E-state index is 11.3. The molecule has 4 heteroatoms. The maximum absolute atomic E-state index is 11.3. The fourth-order valence-electron chi connectivity index (χ4n) is 1.84. The number of para-hydroxylation sites is 1. The van der Waals surface area contributed by atoms with Crippen molar-refractivity contribution < 1.29 is 14.3 Å². The van der Waals surface area contributed by atoms with Crippen LogP contribution in [-0.4, -0.2) is 29.9 Å². The third kappa shape index (κ3) is 2.59. The van der Waals surface area contributed by atoms with Crippen LogP contribution in [0.3, 0.4) is 0 Å². The Kier molecular flexibility index (Phi) is 3.77. The van der Waals surface area contributed by atoms with Crippen molar-refractivity contribution in [2.45, 2.75) is 13.3 Å². The van der Waals surface area contributed by atoms with Crippen LogP contribution in [0.4, 0.5) is 0 Å². The third-order valence-corrected chi connectivity index (χ3v) is 2.83. The molecule has 0 spiro atoms. The molecule has 18 heavy (non-hydrogen) atoms. The summed E-state index contributed by atoms with van der Waals surface area (Å²) in [5.41, 5.74) is 1.12. The molecule has 0 radical (unpaired) electrons. The lowest BCUT2D eigenvalue weighted by Crippen LogP contribution is -2.33. The zero-order valence-corrected chi connectivity index (χ0v) is 10.3. The van der Waals surface area contributed by atoms with Crippen LogP contribution < -0.4 is 4.74 Å². The van der Waals surface area contributed by atoms with Crippen molar-refractivity contribution >= 4 is 11.8 Å². The van der Waals surface area contributed by atoms with Crippen molar-refractivity contribution in [1.82, 2.24) is 4.90 Å². The van der Waals surface area contributed by atoms with E-state index in [-0.39, 0.29) is 18.4 Å². The number of amides is 2. The molecule has 1 aromatic rings. The number of imide groups is 1. The minimum Gasteiger partial charge on any atom is -0.491 e. The van der Waals surface area contributed by atoms with Gasteiger partial charge in [0, 0.05) is 12.2 Å². The Bertz CT molecular complexity index is 476. The predicted octanol–water partition coefficient (Wildman–Crippen LogP) is 1.55. The zero-order chi connectivity index (χ0) is 13.0. The van der Waals surface area contributed by atoms with Gasteiger partial charge in [0.15, 0.2) is 0 Å². The van der Waals surface area contributed by atoms with Crippen molar-refractivity contribution in [2.75, 3.05) is 13.2 Å². The number of benzene rings is 1. The lowest BCUT2D eigenvalue weighted by atomic mass is 10.1. The number of carbonyl (C=O) groups is 2. The highest BCUT2D eigenvalue weighted by atomic mass is 16.5. The molecular formula is C14H15NO3. The first kappa shape index (κ1) is 12.4. The molecule has 0 aromatic heterocycles. The van der Waals surface area contributed by atoms with E-state index in [1.54, 1.807) is 0 Å². The Morgan fingerprint density at radius 1 is 1.11 bits per heavy atom. The molecule has 1 heterocycles. The summed E-state index contributed by atoms with van der Waals surface area (Å²) >= 11 is 0. The summed E-state index contributed by atoms with van der Waals surface area (Å²) in [5, 5.41) is 0. The van der Waals surface area contributed by atoms with Gasteiger partial charge in [0.2, 0.25) is 0 Å². The summed E-state index contributed by atoms with van der Waals surface area (Å²) in [6.45, 7) is 2.65. The van der Waals surface area contributed by atoms with Gasteiger partial charge in [0.1, 0.15) is 12.4 Å². The van der Waals surface area contributed by atoms with E-state index >= 15 is 0 Å². The first-order chi connectivity index (χ1) is 8.72. The average Bonchev–Trinajstić information content (AvgIpc) is 2.71. The van der Waals surface area contributed by atoms with Gasteiger partial charge in [-0.05, 0) is 18.1 Å². The fourth-order valence-corrected chi connectivity index (χ4v) is 1.84. The van der Waals surface area contributed by atoms with Gasteiger partial charge in [-0.3, -0.25) is 14.5 Å². The van der Waals surface area contributed by atoms with Gasteiger partial charge in [-0.2, -0.15) is 0 Å². The molecule has 2 rings (SSSR count). The van der Waals surface area contributed by atoms with E-state index in [0.29, 0.717) is 6.61 Å². The second-order valence-electron chi connectivity index (χ2n) is 3.97. The van der Waals surface area contributed by atoms with E-state index < -0.39 is 0 Å². The monoisotopic (exact) mass is 245 g/mol. The zero-order valence-electron chi connectivity index (χ0n) is 10.3. The van der Waals surface area contributed by atoms with Gasteiger partial charge >= 0.3 is 0 Å². The van der Waals surface area contributed by atoms with Gasteiger partial charge in [0.25, 0.3) is 11.8 Å². The molecule has 1 aromatic carbocycles. The molecule has 0 unspecified atom stereocenters. The summed E-state index contributed by atoms with van der Waals surface area (Å²) < 4.78 is 5.61. The molecule has 0 atom stereocenters. The van der Waals surface area contributed by atoms with Crippen molar-refractivity contribution in [1.29, 1.82) is 0 Å². The molecule has 0 saturated heterocycles. The third-order valence-electron chi connectivity index (χ3n) is 2.83. The molecule has 1 aliphatic rings. The molecule has 2 amide bonds. The Balaban J connectivity index is 1.89. The SMILES string of the molecule is CCc1ccccc1OCCN1C(=O)C=CC1=O. The van der Waals surface area contributed by atoms with E-state index in [9.17, 15) is 9.59 Å². The predicted molar refractivity (Wildman–Crippen MR) is 67.2 cm³/mol. The molecule has 94 valence electrons. The molecule has 1 aliphatic heterocycles. The van der Waals surface area contributed by atoms with Crippen LogP contribution in [0.1, 0.15) is 12.5 Å². The minimum atomic E-state index is -0.271. The van der Waals surface area contributed by atoms with Crippen LogP contribution in [0.25, 0.3) is 0 Å². The van der Waals surface area contributed by atoms with Gasteiger partial charge in [-0.15, -0.1) is 0 Å². The van der Waals surface area contributed by atoms with E-state index in [1.165, 1.54) is 17.1 Å². The Morgan fingerprint density at radius 2 is 1.78 bits per heavy atom. The van der Waals surface area contributed by atoms with Crippen molar-refractivity contribution in [3.8, 4) is 5.75 Å². The maximum Gasteiger partial charge on any atom is 0.253 e. The molecule has 0 aliphatic carbocycles. The Labute approximate surface area is 106 Å². The lowest BCUT2D eigenvalue weighted by Gasteiger charge is -2.15. The largest absolute Gasteiger partial charge is 0.491 e. The average molecular weight is 245 g/mol. The fraction of sp³-hybridized carbons (Fsp3) is 0.286. The Hall–Kier alpha value is -2.10.